The van der Waals surface area contributed by atoms with Crippen LogP contribution in [-0.2, 0) is 6.54 Å². The Hall–Kier alpha value is -1.98. The molecule has 0 aliphatic rings. The molecule has 0 radical (unpaired) electrons. The van der Waals surface area contributed by atoms with E-state index in [2.05, 4.69) is 10.3 Å². The van der Waals surface area contributed by atoms with Crippen molar-refractivity contribution in [2.45, 2.75) is 19.5 Å². The number of nitro groups is 1. The first-order valence-electron chi connectivity index (χ1n) is 6.15. The van der Waals surface area contributed by atoms with Crippen LogP contribution in [0.3, 0.4) is 0 Å². The van der Waals surface area contributed by atoms with Crippen molar-refractivity contribution in [3.8, 4) is 0 Å². The molecular formula is C14H14ClN3O2. The number of nitrogens with zero attached hydrogens (tertiary/aromatic N) is 2. The van der Waals surface area contributed by atoms with Crippen LogP contribution < -0.4 is 5.32 Å². The molecule has 0 bridgehead atoms. The molecule has 0 aliphatic heterocycles. The largest absolute Gasteiger partial charge is 0.305 e. The van der Waals surface area contributed by atoms with Crippen LogP contribution >= 0.6 is 11.6 Å². The van der Waals surface area contributed by atoms with Gasteiger partial charge in [0.15, 0.2) is 0 Å². The van der Waals surface area contributed by atoms with Crippen LogP contribution in [0.15, 0.2) is 42.6 Å². The molecule has 0 saturated carbocycles. The fourth-order valence-electron chi connectivity index (χ4n) is 1.81. The Morgan fingerprint density at radius 3 is 2.85 bits per heavy atom. The lowest BCUT2D eigenvalue weighted by molar-refractivity contribution is -0.384. The van der Waals surface area contributed by atoms with Crippen LogP contribution in [-0.4, -0.2) is 9.91 Å². The molecule has 104 valence electrons. The molecule has 0 amide bonds. The Labute approximate surface area is 121 Å². The van der Waals surface area contributed by atoms with Gasteiger partial charge in [0.1, 0.15) is 0 Å². The van der Waals surface area contributed by atoms with Gasteiger partial charge < -0.3 is 5.32 Å². The van der Waals surface area contributed by atoms with E-state index in [0.29, 0.717) is 17.1 Å². The van der Waals surface area contributed by atoms with E-state index in [1.165, 1.54) is 12.1 Å². The highest BCUT2D eigenvalue weighted by Gasteiger charge is 2.11. The molecule has 0 saturated heterocycles. The summed E-state index contributed by atoms with van der Waals surface area (Å²) in [6.45, 7) is 2.42. The Balaban J connectivity index is 2.07. The van der Waals surface area contributed by atoms with E-state index in [-0.39, 0.29) is 11.7 Å². The molecule has 20 heavy (non-hydrogen) atoms. The molecule has 1 atom stereocenters. The van der Waals surface area contributed by atoms with E-state index in [0.717, 1.165) is 5.69 Å². The van der Waals surface area contributed by atoms with Gasteiger partial charge in [-0.15, -0.1) is 0 Å². The number of nitrogens with one attached hydrogen (secondary N) is 1. The number of hydrogen-bond donors (Lipinski definition) is 1. The first-order chi connectivity index (χ1) is 9.58. The van der Waals surface area contributed by atoms with E-state index in [9.17, 15) is 10.1 Å². The molecule has 0 aliphatic carbocycles. The van der Waals surface area contributed by atoms with Gasteiger partial charge in [-0.05, 0) is 30.7 Å². The fourth-order valence-corrected chi connectivity index (χ4v) is 1.99. The van der Waals surface area contributed by atoms with Crippen molar-refractivity contribution in [3.05, 3.63) is 69.0 Å². The maximum Gasteiger partial charge on any atom is 0.269 e. The van der Waals surface area contributed by atoms with Crippen molar-refractivity contribution in [2.75, 3.05) is 0 Å². The van der Waals surface area contributed by atoms with Crippen LogP contribution in [0, 0.1) is 10.1 Å². The van der Waals surface area contributed by atoms with Crippen LogP contribution in [0.4, 0.5) is 5.69 Å². The molecule has 1 heterocycles. The third-order valence-corrected chi connectivity index (χ3v) is 3.34. The normalized spacial score (nSPS) is 12.1. The number of pyridine rings is 1. The SMILES string of the molecule is C[C@@H](NCc1cc([N+](=O)[O-])ccc1Cl)c1ccccn1. The third kappa shape index (κ3) is 3.53. The zero-order chi connectivity index (χ0) is 14.5. The Morgan fingerprint density at radius 2 is 2.20 bits per heavy atom. The minimum Gasteiger partial charge on any atom is -0.305 e. The monoisotopic (exact) mass is 291 g/mol. The van der Waals surface area contributed by atoms with Crippen molar-refractivity contribution in [3.63, 3.8) is 0 Å². The number of rotatable bonds is 5. The molecule has 5 nitrogen and oxygen atoms in total. The van der Waals surface area contributed by atoms with Gasteiger partial charge in [0.05, 0.1) is 10.6 Å². The Kier molecular flexibility index (Phi) is 4.65. The van der Waals surface area contributed by atoms with Crippen LogP contribution in [0.5, 0.6) is 0 Å². The lowest BCUT2D eigenvalue weighted by atomic mass is 10.1. The van der Waals surface area contributed by atoms with Gasteiger partial charge in [-0.2, -0.15) is 0 Å². The second-order valence-corrected chi connectivity index (χ2v) is 4.80. The second kappa shape index (κ2) is 6.45. The third-order valence-electron chi connectivity index (χ3n) is 2.97. The fraction of sp³-hybridized carbons (Fsp3) is 0.214. The topological polar surface area (TPSA) is 68.1 Å². The average molecular weight is 292 g/mol. The summed E-state index contributed by atoms with van der Waals surface area (Å²) in [5, 5.41) is 14.5. The van der Waals surface area contributed by atoms with Gasteiger partial charge in [0, 0.05) is 35.9 Å². The summed E-state index contributed by atoms with van der Waals surface area (Å²) in [6, 6.07) is 10.2. The molecule has 0 fully saturated rings. The zero-order valence-electron chi connectivity index (χ0n) is 10.9. The highest BCUT2D eigenvalue weighted by Crippen LogP contribution is 2.22. The molecule has 1 aromatic heterocycles. The zero-order valence-corrected chi connectivity index (χ0v) is 11.7. The quantitative estimate of drug-likeness (QED) is 0.676. The van der Waals surface area contributed by atoms with E-state index in [1.807, 2.05) is 25.1 Å². The first-order valence-corrected chi connectivity index (χ1v) is 6.53. The summed E-state index contributed by atoms with van der Waals surface area (Å²) in [5.41, 5.74) is 1.65. The molecule has 0 spiro atoms. The first kappa shape index (κ1) is 14.4. The molecule has 6 heteroatoms. The Morgan fingerprint density at radius 1 is 1.40 bits per heavy atom. The number of non-ortho nitro benzene ring substituents is 1. The van der Waals surface area contributed by atoms with Gasteiger partial charge >= 0.3 is 0 Å². The van der Waals surface area contributed by atoms with Gasteiger partial charge in [-0.25, -0.2) is 0 Å². The van der Waals surface area contributed by atoms with Gasteiger partial charge in [0.25, 0.3) is 5.69 Å². The van der Waals surface area contributed by atoms with Crippen molar-refractivity contribution in [1.29, 1.82) is 0 Å². The second-order valence-electron chi connectivity index (χ2n) is 4.39. The summed E-state index contributed by atoms with van der Waals surface area (Å²) in [6.07, 6.45) is 1.73. The summed E-state index contributed by atoms with van der Waals surface area (Å²) in [7, 11) is 0. The van der Waals surface area contributed by atoms with Gasteiger partial charge in [-0.1, -0.05) is 17.7 Å². The summed E-state index contributed by atoms with van der Waals surface area (Å²) >= 11 is 6.05. The number of aromatic nitrogens is 1. The highest BCUT2D eigenvalue weighted by molar-refractivity contribution is 6.31. The maximum atomic E-state index is 10.8. The highest BCUT2D eigenvalue weighted by atomic mass is 35.5. The lowest BCUT2D eigenvalue weighted by Crippen LogP contribution is -2.19. The average Bonchev–Trinajstić information content (AvgIpc) is 2.46. The molecule has 2 rings (SSSR count). The molecule has 1 aromatic carbocycles. The van der Waals surface area contributed by atoms with Crippen molar-refractivity contribution >= 4 is 17.3 Å². The van der Waals surface area contributed by atoms with E-state index in [4.69, 9.17) is 11.6 Å². The van der Waals surface area contributed by atoms with Gasteiger partial charge in [0.2, 0.25) is 0 Å². The predicted octanol–water partition coefficient (Wildman–Crippen LogP) is 3.49. The van der Waals surface area contributed by atoms with Crippen molar-refractivity contribution < 1.29 is 4.92 Å². The number of hydrogen-bond acceptors (Lipinski definition) is 4. The molecule has 1 N–H and O–H groups in total. The van der Waals surface area contributed by atoms with Crippen LogP contribution in [0.1, 0.15) is 24.2 Å². The summed E-state index contributed by atoms with van der Waals surface area (Å²) in [5.74, 6) is 0. The number of benzene rings is 1. The van der Waals surface area contributed by atoms with Crippen LogP contribution in [0.25, 0.3) is 0 Å². The minimum absolute atomic E-state index is 0.0338. The van der Waals surface area contributed by atoms with E-state index < -0.39 is 4.92 Å². The lowest BCUT2D eigenvalue weighted by Gasteiger charge is -2.13. The number of halogens is 1. The Bertz CT molecular complexity index is 605. The summed E-state index contributed by atoms with van der Waals surface area (Å²) in [4.78, 5) is 14.6. The molecular weight excluding hydrogens is 278 g/mol. The van der Waals surface area contributed by atoms with Crippen LogP contribution in [0.2, 0.25) is 5.02 Å². The van der Waals surface area contributed by atoms with E-state index >= 15 is 0 Å². The molecule has 0 unspecified atom stereocenters. The van der Waals surface area contributed by atoms with Crippen molar-refractivity contribution in [2.24, 2.45) is 0 Å². The maximum absolute atomic E-state index is 10.8. The smallest absolute Gasteiger partial charge is 0.269 e. The van der Waals surface area contributed by atoms with Crippen molar-refractivity contribution in [1.82, 2.24) is 10.3 Å². The summed E-state index contributed by atoms with van der Waals surface area (Å²) < 4.78 is 0. The number of nitro benzene ring substituents is 1. The van der Waals surface area contributed by atoms with Gasteiger partial charge in [-0.3, -0.25) is 15.1 Å². The predicted molar refractivity (Wildman–Crippen MR) is 77.6 cm³/mol. The van der Waals surface area contributed by atoms with E-state index in [1.54, 1.807) is 12.3 Å². The minimum atomic E-state index is -0.429. The standard InChI is InChI=1S/C14H14ClN3O2/c1-10(14-4-2-3-7-16-14)17-9-11-8-12(18(19)20)5-6-13(11)15/h2-8,10,17H,9H2,1H3/t10-/m1/s1. The molecule has 2 aromatic rings.